The second-order valence-corrected chi connectivity index (χ2v) is 5.76. The number of hydrogen-bond acceptors (Lipinski definition) is 4. The van der Waals surface area contributed by atoms with Crippen molar-refractivity contribution in [3.05, 3.63) is 28.2 Å². The van der Waals surface area contributed by atoms with Crippen LogP contribution in [-0.2, 0) is 9.53 Å². The fraction of sp³-hybridized carbons (Fsp3) is 0.333. The second kappa shape index (κ2) is 6.80. The van der Waals surface area contributed by atoms with E-state index in [2.05, 4.69) is 15.9 Å². The van der Waals surface area contributed by atoms with Crippen LogP contribution in [0.25, 0.3) is 0 Å². The first-order chi connectivity index (χ1) is 8.45. The molecular weight excluding hydrogens is 320 g/mol. The average molecular weight is 333 g/mol. The maximum absolute atomic E-state index is 11.5. The molecule has 1 aromatic carbocycles. The van der Waals surface area contributed by atoms with Crippen LogP contribution in [0.3, 0.4) is 0 Å². The number of ether oxygens (including phenoxy) is 1. The van der Waals surface area contributed by atoms with Gasteiger partial charge in [-0.05, 0) is 32.0 Å². The Bertz CT molecular complexity index is 461. The van der Waals surface area contributed by atoms with Crippen LogP contribution >= 0.6 is 27.7 Å². The highest BCUT2D eigenvalue weighted by atomic mass is 79.9. The predicted octanol–water partition coefficient (Wildman–Crippen LogP) is 3.19. The van der Waals surface area contributed by atoms with Crippen molar-refractivity contribution >= 4 is 39.6 Å². The summed E-state index contributed by atoms with van der Waals surface area (Å²) in [6, 6.07) is 4.85. The van der Waals surface area contributed by atoms with E-state index in [-0.39, 0.29) is 11.5 Å². The van der Waals surface area contributed by atoms with Crippen LogP contribution in [0.15, 0.2) is 27.6 Å². The summed E-state index contributed by atoms with van der Waals surface area (Å²) in [5, 5.41) is 8.62. The molecule has 1 aromatic rings. The average Bonchev–Trinajstić information content (AvgIpc) is 2.28. The standard InChI is InChI=1S/C12H13BrO4S/c1-3-17-12(16)7(2)18-10-6-8(13)4-5-9(10)11(14)15/h4-7H,3H2,1-2H3,(H,14,15). The summed E-state index contributed by atoms with van der Waals surface area (Å²) in [6.45, 7) is 3.74. The lowest BCUT2D eigenvalue weighted by Crippen LogP contribution is -2.17. The Morgan fingerprint density at radius 1 is 1.50 bits per heavy atom. The number of hydrogen-bond donors (Lipinski definition) is 1. The van der Waals surface area contributed by atoms with Gasteiger partial charge in [0, 0.05) is 9.37 Å². The third-order valence-corrected chi connectivity index (χ3v) is 3.73. The largest absolute Gasteiger partial charge is 0.478 e. The van der Waals surface area contributed by atoms with E-state index in [1.165, 1.54) is 17.8 Å². The van der Waals surface area contributed by atoms with Crippen LogP contribution in [0, 0.1) is 0 Å². The number of esters is 1. The molecule has 0 saturated heterocycles. The van der Waals surface area contributed by atoms with Crippen LogP contribution in [0.1, 0.15) is 24.2 Å². The third kappa shape index (κ3) is 4.03. The Hall–Kier alpha value is -1.01. The first-order valence-corrected chi connectivity index (χ1v) is 6.99. The molecule has 0 radical (unpaired) electrons. The number of thioether (sulfide) groups is 1. The van der Waals surface area contributed by atoms with Gasteiger partial charge in [0.05, 0.1) is 12.2 Å². The van der Waals surface area contributed by atoms with Crippen molar-refractivity contribution in [1.29, 1.82) is 0 Å². The highest BCUT2D eigenvalue weighted by Gasteiger charge is 2.19. The molecule has 4 nitrogen and oxygen atoms in total. The van der Waals surface area contributed by atoms with Crippen LogP contribution in [0.4, 0.5) is 0 Å². The summed E-state index contributed by atoms with van der Waals surface area (Å²) in [4.78, 5) is 23.1. The Balaban J connectivity index is 2.92. The smallest absolute Gasteiger partial charge is 0.336 e. The summed E-state index contributed by atoms with van der Waals surface area (Å²) >= 11 is 4.46. The topological polar surface area (TPSA) is 63.6 Å². The van der Waals surface area contributed by atoms with E-state index in [9.17, 15) is 9.59 Å². The summed E-state index contributed by atoms with van der Waals surface area (Å²) in [7, 11) is 0. The molecule has 1 atom stereocenters. The van der Waals surface area contributed by atoms with Crippen LogP contribution < -0.4 is 0 Å². The van der Waals surface area contributed by atoms with E-state index < -0.39 is 11.2 Å². The molecule has 98 valence electrons. The van der Waals surface area contributed by atoms with Crippen LogP contribution in [0.2, 0.25) is 0 Å². The van der Waals surface area contributed by atoms with Gasteiger partial charge < -0.3 is 9.84 Å². The van der Waals surface area contributed by atoms with Gasteiger partial charge >= 0.3 is 11.9 Å². The number of carboxylic acids is 1. The number of carboxylic acid groups (broad SMARTS) is 1. The molecule has 1 rings (SSSR count). The van der Waals surface area contributed by atoms with Crippen molar-refractivity contribution in [2.24, 2.45) is 0 Å². The molecule has 0 aliphatic heterocycles. The monoisotopic (exact) mass is 332 g/mol. The zero-order valence-corrected chi connectivity index (χ0v) is 12.4. The molecule has 1 unspecified atom stereocenters. The van der Waals surface area contributed by atoms with Crippen molar-refractivity contribution in [2.75, 3.05) is 6.61 Å². The van der Waals surface area contributed by atoms with Gasteiger partial charge in [0.1, 0.15) is 5.25 Å². The number of carbonyl (C=O) groups is 2. The third-order valence-electron chi connectivity index (χ3n) is 2.10. The molecule has 0 amide bonds. The van der Waals surface area contributed by atoms with Gasteiger partial charge in [0.2, 0.25) is 0 Å². The van der Waals surface area contributed by atoms with E-state index in [4.69, 9.17) is 9.84 Å². The summed E-state index contributed by atoms with van der Waals surface area (Å²) in [5.41, 5.74) is 0.180. The van der Waals surface area contributed by atoms with Crippen molar-refractivity contribution in [3.63, 3.8) is 0 Å². The minimum atomic E-state index is -1.01. The van der Waals surface area contributed by atoms with Gasteiger partial charge in [-0.25, -0.2) is 4.79 Å². The van der Waals surface area contributed by atoms with E-state index in [1.807, 2.05) is 0 Å². The van der Waals surface area contributed by atoms with Crippen LogP contribution in [0.5, 0.6) is 0 Å². The van der Waals surface area contributed by atoms with E-state index >= 15 is 0 Å². The quantitative estimate of drug-likeness (QED) is 0.662. The number of halogens is 1. The van der Waals surface area contributed by atoms with E-state index in [0.29, 0.717) is 11.5 Å². The summed E-state index contributed by atoms with van der Waals surface area (Å²) in [6.07, 6.45) is 0. The molecule has 0 heterocycles. The van der Waals surface area contributed by atoms with Gasteiger partial charge in [-0.3, -0.25) is 4.79 Å². The SMILES string of the molecule is CCOC(=O)C(C)Sc1cc(Br)ccc1C(=O)O. The molecule has 18 heavy (non-hydrogen) atoms. The molecule has 0 aromatic heterocycles. The molecule has 0 fully saturated rings. The highest BCUT2D eigenvalue weighted by Crippen LogP contribution is 2.30. The number of aromatic carboxylic acids is 1. The molecule has 0 aliphatic carbocycles. The Labute approximate surface area is 118 Å². The lowest BCUT2D eigenvalue weighted by Gasteiger charge is -2.12. The number of rotatable bonds is 5. The first-order valence-electron chi connectivity index (χ1n) is 5.31. The summed E-state index contributed by atoms with van der Waals surface area (Å²) < 4.78 is 5.66. The van der Waals surface area contributed by atoms with Gasteiger partial charge in [-0.2, -0.15) is 0 Å². The minimum absolute atomic E-state index is 0.180. The first kappa shape index (κ1) is 15.0. The maximum Gasteiger partial charge on any atom is 0.336 e. The Kier molecular flexibility index (Phi) is 5.68. The van der Waals surface area contributed by atoms with Crippen molar-refractivity contribution < 1.29 is 19.4 Å². The summed E-state index contributed by atoms with van der Waals surface area (Å²) in [5.74, 6) is -1.36. The minimum Gasteiger partial charge on any atom is -0.478 e. The molecule has 0 bridgehead atoms. The normalized spacial score (nSPS) is 11.9. The molecule has 0 aliphatic rings. The Morgan fingerprint density at radius 3 is 2.72 bits per heavy atom. The number of benzene rings is 1. The van der Waals surface area contributed by atoms with Crippen molar-refractivity contribution in [2.45, 2.75) is 24.0 Å². The van der Waals surface area contributed by atoms with E-state index in [0.717, 1.165) is 4.47 Å². The lowest BCUT2D eigenvalue weighted by atomic mass is 10.2. The Morgan fingerprint density at radius 2 is 2.17 bits per heavy atom. The molecule has 0 spiro atoms. The molecule has 6 heteroatoms. The predicted molar refractivity (Wildman–Crippen MR) is 73.1 cm³/mol. The van der Waals surface area contributed by atoms with Gasteiger partial charge in [0.15, 0.2) is 0 Å². The zero-order chi connectivity index (χ0) is 13.7. The zero-order valence-electron chi connectivity index (χ0n) is 9.97. The van der Waals surface area contributed by atoms with Gasteiger partial charge in [-0.1, -0.05) is 15.9 Å². The van der Waals surface area contributed by atoms with Crippen LogP contribution in [-0.4, -0.2) is 28.9 Å². The lowest BCUT2D eigenvalue weighted by molar-refractivity contribution is -0.142. The fourth-order valence-corrected chi connectivity index (χ4v) is 2.80. The van der Waals surface area contributed by atoms with Gasteiger partial charge in [0.25, 0.3) is 0 Å². The second-order valence-electron chi connectivity index (χ2n) is 3.46. The van der Waals surface area contributed by atoms with Crippen molar-refractivity contribution in [1.82, 2.24) is 0 Å². The molecule has 0 saturated carbocycles. The van der Waals surface area contributed by atoms with E-state index in [1.54, 1.807) is 26.0 Å². The molecular formula is C12H13BrO4S. The highest BCUT2D eigenvalue weighted by molar-refractivity contribution is 9.10. The number of carbonyl (C=O) groups excluding carboxylic acids is 1. The van der Waals surface area contributed by atoms with Crippen molar-refractivity contribution in [3.8, 4) is 0 Å². The maximum atomic E-state index is 11.5. The molecule has 1 N–H and O–H groups in total. The fourth-order valence-electron chi connectivity index (χ4n) is 1.27. The van der Waals surface area contributed by atoms with Gasteiger partial charge in [-0.15, -0.1) is 11.8 Å².